The summed E-state index contributed by atoms with van der Waals surface area (Å²) in [5.74, 6) is -0.143. The number of amides is 4. The molecule has 190 valence electrons. The maximum atomic E-state index is 13.3. The van der Waals surface area contributed by atoms with Crippen molar-refractivity contribution in [1.82, 2.24) is 5.32 Å². The number of benzene rings is 3. The molecule has 1 saturated heterocycles. The Bertz CT molecular complexity index is 1350. The Morgan fingerprint density at radius 3 is 2.16 bits per heavy atom. The van der Waals surface area contributed by atoms with E-state index in [9.17, 15) is 14.4 Å². The van der Waals surface area contributed by atoms with Crippen LogP contribution in [0.1, 0.15) is 41.7 Å². The molecule has 0 aromatic heterocycles. The molecule has 1 N–H and O–H groups in total. The van der Waals surface area contributed by atoms with Gasteiger partial charge in [-0.3, -0.25) is 14.9 Å². The van der Waals surface area contributed by atoms with Crippen LogP contribution in [-0.4, -0.2) is 31.1 Å². The van der Waals surface area contributed by atoms with Crippen LogP contribution in [0, 0.1) is 13.8 Å². The van der Waals surface area contributed by atoms with Crippen molar-refractivity contribution in [2.24, 2.45) is 0 Å². The molecule has 1 aliphatic rings. The molecule has 0 bridgehead atoms. The lowest BCUT2D eigenvalue weighted by molar-refractivity contribution is -0.122. The summed E-state index contributed by atoms with van der Waals surface area (Å²) >= 11 is 0. The van der Waals surface area contributed by atoms with Gasteiger partial charge in [-0.1, -0.05) is 41.5 Å². The minimum absolute atomic E-state index is 0.141. The summed E-state index contributed by atoms with van der Waals surface area (Å²) in [6, 6.07) is 17.8. The van der Waals surface area contributed by atoms with Crippen molar-refractivity contribution in [3.8, 4) is 11.5 Å². The van der Waals surface area contributed by atoms with E-state index >= 15 is 0 Å². The predicted molar refractivity (Wildman–Crippen MR) is 143 cm³/mol. The van der Waals surface area contributed by atoms with Crippen molar-refractivity contribution in [1.29, 1.82) is 0 Å². The van der Waals surface area contributed by atoms with Gasteiger partial charge in [0.15, 0.2) is 0 Å². The fourth-order valence-corrected chi connectivity index (χ4v) is 4.40. The predicted octanol–water partition coefficient (Wildman–Crippen LogP) is 5.36. The Labute approximate surface area is 216 Å². The second-order valence-electron chi connectivity index (χ2n) is 8.86. The lowest BCUT2D eigenvalue weighted by Gasteiger charge is -2.26. The van der Waals surface area contributed by atoms with E-state index in [0.29, 0.717) is 42.4 Å². The van der Waals surface area contributed by atoms with E-state index in [1.165, 1.54) is 22.8 Å². The van der Waals surface area contributed by atoms with Crippen molar-refractivity contribution in [3.63, 3.8) is 0 Å². The highest BCUT2D eigenvalue weighted by Gasteiger charge is 2.36. The highest BCUT2D eigenvalue weighted by Crippen LogP contribution is 2.28. The highest BCUT2D eigenvalue weighted by molar-refractivity contribution is 6.39. The summed E-state index contributed by atoms with van der Waals surface area (Å²) in [6.45, 7) is 8.89. The Balaban J connectivity index is 1.64. The molecule has 1 heterocycles. The molecule has 0 aliphatic carbocycles. The number of carbonyl (C=O) groups is 3. The molecule has 3 aromatic rings. The van der Waals surface area contributed by atoms with Gasteiger partial charge in [-0.2, -0.15) is 0 Å². The number of barbiturate groups is 1. The maximum absolute atomic E-state index is 13.3. The number of nitrogens with zero attached hydrogens (tertiary/aromatic N) is 1. The van der Waals surface area contributed by atoms with E-state index in [1.54, 1.807) is 24.3 Å². The summed E-state index contributed by atoms with van der Waals surface area (Å²) in [7, 11) is 0. The molecule has 7 nitrogen and oxygen atoms in total. The first-order valence-electron chi connectivity index (χ1n) is 12.3. The van der Waals surface area contributed by atoms with Crippen molar-refractivity contribution >= 4 is 29.6 Å². The van der Waals surface area contributed by atoms with Crippen LogP contribution in [0.4, 0.5) is 10.5 Å². The topological polar surface area (TPSA) is 84.9 Å². The molecule has 0 saturated carbocycles. The summed E-state index contributed by atoms with van der Waals surface area (Å²) in [4.78, 5) is 39.3. The van der Waals surface area contributed by atoms with E-state index in [-0.39, 0.29) is 5.57 Å². The number of carbonyl (C=O) groups excluding carboxylic acids is 3. The summed E-state index contributed by atoms with van der Waals surface area (Å²) in [5.41, 5.74) is 5.38. The van der Waals surface area contributed by atoms with Crippen molar-refractivity contribution < 1.29 is 23.9 Å². The standard InChI is InChI=1S/C30H30N2O5/c1-5-36-25-11-9-24(10-12-25)32-29(34)26(28(33)31-30(32)35)17-21-7-8-23(27(18-21)37-6-2)16-22-14-19(3)13-20(4)15-22/h7-15,17-18H,5-6,16H2,1-4H3,(H,31,33,35)/b26-17+. The van der Waals surface area contributed by atoms with Crippen LogP contribution in [0.2, 0.25) is 0 Å². The molecule has 0 spiro atoms. The van der Waals surface area contributed by atoms with Gasteiger partial charge in [0.2, 0.25) is 0 Å². The average Bonchev–Trinajstić information content (AvgIpc) is 2.84. The van der Waals surface area contributed by atoms with Gasteiger partial charge >= 0.3 is 6.03 Å². The van der Waals surface area contributed by atoms with Gasteiger partial charge < -0.3 is 9.47 Å². The molecule has 7 heteroatoms. The van der Waals surface area contributed by atoms with Crippen LogP contribution >= 0.6 is 0 Å². The van der Waals surface area contributed by atoms with Gasteiger partial charge in [-0.25, -0.2) is 9.69 Å². The molecular weight excluding hydrogens is 468 g/mol. The molecule has 3 aromatic carbocycles. The summed E-state index contributed by atoms with van der Waals surface area (Å²) in [5, 5.41) is 2.26. The second kappa shape index (κ2) is 11.1. The minimum Gasteiger partial charge on any atom is -0.494 e. The van der Waals surface area contributed by atoms with Gasteiger partial charge in [0.25, 0.3) is 11.8 Å². The third-order valence-electron chi connectivity index (χ3n) is 5.89. The molecule has 1 aliphatic heterocycles. The van der Waals surface area contributed by atoms with E-state index in [2.05, 4.69) is 37.4 Å². The highest BCUT2D eigenvalue weighted by atomic mass is 16.5. The smallest absolute Gasteiger partial charge is 0.335 e. The number of nitrogens with one attached hydrogen (secondary N) is 1. The van der Waals surface area contributed by atoms with Gasteiger partial charge in [-0.15, -0.1) is 0 Å². The largest absolute Gasteiger partial charge is 0.494 e. The average molecular weight is 499 g/mol. The number of aryl methyl sites for hydroxylation is 2. The Kier molecular flexibility index (Phi) is 7.72. The van der Waals surface area contributed by atoms with E-state index in [0.717, 1.165) is 10.5 Å². The van der Waals surface area contributed by atoms with Crippen LogP contribution in [0.5, 0.6) is 11.5 Å². The summed E-state index contributed by atoms with van der Waals surface area (Å²) in [6.07, 6.45) is 2.17. The normalized spacial score (nSPS) is 14.6. The zero-order valence-corrected chi connectivity index (χ0v) is 21.5. The molecule has 1 fully saturated rings. The minimum atomic E-state index is -0.796. The fraction of sp³-hybridized carbons (Fsp3) is 0.233. The monoisotopic (exact) mass is 498 g/mol. The first-order chi connectivity index (χ1) is 17.8. The third kappa shape index (κ3) is 5.89. The van der Waals surface area contributed by atoms with E-state index < -0.39 is 17.8 Å². The van der Waals surface area contributed by atoms with E-state index in [4.69, 9.17) is 9.47 Å². The zero-order chi connectivity index (χ0) is 26.5. The third-order valence-corrected chi connectivity index (χ3v) is 5.89. The number of hydrogen-bond acceptors (Lipinski definition) is 5. The number of ether oxygens (including phenoxy) is 2. The van der Waals surface area contributed by atoms with Gasteiger partial charge in [0, 0.05) is 6.42 Å². The lowest BCUT2D eigenvalue weighted by Crippen LogP contribution is -2.54. The van der Waals surface area contributed by atoms with Crippen LogP contribution in [0.3, 0.4) is 0 Å². The first kappa shape index (κ1) is 25.7. The van der Waals surface area contributed by atoms with Crippen molar-refractivity contribution in [3.05, 3.63) is 94.1 Å². The molecule has 0 radical (unpaired) electrons. The van der Waals surface area contributed by atoms with Gasteiger partial charge in [0.05, 0.1) is 18.9 Å². The molecule has 4 rings (SSSR count). The van der Waals surface area contributed by atoms with Crippen LogP contribution in [0.15, 0.2) is 66.2 Å². The summed E-state index contributed by atoms with van der Waals surface area (Å²) < 4.78 is 11.3. The quantitative estimate of drug-likeness (QED) is 0.334. The van der Waals surface area contributed by atoms with Crippen LogP contribution in [-0.2, 0) is 16.0 Å². The second-order valence-corrected chi connectivity index (χ2v) is 8.86. The zero-order valence-electron chi connectivity index (χ0n) is 21.5. The Morgan fingerprint density at radius 1 is 0.838 bits per heavy atom. The van der Waals surface area contributed by atoms with Crippen LogP contribution in [0.25, 0.3) is 6.08 Å². The Hall–Kier alpha value is -4.39. The lowest BCUT2D eigenvalue weighted by atomic mass is 9.98. The van der Waals surface area contributed by atoms with Crippen molar-refractivity contribution in [2.45, 2.75) is 34.1 Å². The van der Waals surface area contributed by atoms with Gasteiger partial charge in [0.1, 0.15) is 17.1 Å². The molecule has 0 atom stereocenters. The van der Waals surface area contributed by atoms with E-state index in [1.807, 2.05) is 32.0 Å². The molecule has 4 amide bonds. The Morgan fingerprint density at radius 2 is 1.51 bits per heavy atom. The van der Waals surface area contributed by atoms with Gasteiger partial charge in [-0.05, 0) is 80.8 Å². The SMILES string of the molecule is CCOc1ccc(N2C(=O)NC(=O)/C(=C\c3ccc(Cc4cc(C)cc(C)c4)c(OCC)c3)C2=O)cc1. The molecule has 37 heavy (non-hydrogen) atoms. The fourth-order valence-electron chi connectivity index (χ4n) is 4.40. The number of hydrogen-bond donors (Lipinski definition) is 1. The van der Waals surface area contributed by atoms with Crippen LogP contribution < -0.4 is 19.7 Å². The maximum Gasteiger partial charge on any atom is 0.335 e. The molecular formula is C30H30N2O5. The number of urea groups is 1. The number of rotatable bonds is 8. The molecule has 0 unspecified atom stereocenters. The number of imide groups is 2. The van der Waals surface area contributed by atoms with Crippen molar-refractivity contribution in [2.75, 3.05) is 18.1 Å². The first-order valence-corrected chi connectivity index (χ1v) is 12.3. The number of anilines is 1.